The summed E-state index contributed by atoms with van der Waals surface area (Å²) in [5.41, 5.74) is 3.27. The summed E-state index contributed by atoms with van der Waals surface area (Å²) in [6.07, 6.45) is 3.83. The van der Waals surface area contributed by atoms with Gasteiger partial charge < -0.3 is 9.47 Å². The molecule has 128 valence electrons. The van der Waals surface area contributed by atoms with Gasteiger partial charge in [0.15, 0.2) is 11.5 Å². The van der Waals surface area contributed by atoms with Gasteiger partial charge in [-0.3, -0.25) is 10.2 Å². The summed E-state index contributed by atoms with van der Waals surface area (Å²) < 4.78 is 11.8. The van der Waals surface area contributed by atoms with E-state index < -0.39 is 5.56 Å². The first kappa shape index (κ1) is 18.3. The van der Waals surface area contributed by atoms with Gasteiger partial charge >= 0.3 is 0 Å². The number of nitrogens with zero attached hydrogens (tertiary/aromatic N) is 2. The molecule has 0 bridgehead atoms. The summed E-state index contributed by atoms with van der Waals surface area (Å²) in [6, 6.07) is 3.63. The van der Waals surface area contributed by atoms with E-state index in [2.05, 4.69) is 36.7 Å². The van der Waals surface area contributed by atoms with Crippen molar-refractivity contribution in [2.75, 3.05) is 19.1 Å². The van der Waals surface area contributed by atoms with Gasteiger partial charge in [0.2, 0.25) is 0 Å². The van der Waals surface area contributed by atoms with E-state index in [0.717, 1.165) is 16.5 Å². The van der Waals surface area contributed by atoms with Crippen LogP contribution >= 0.6 is 27.5 Å². The lowest BCUT2D eigenvalue weighted by molar-refractivity contribution is 0.292. The molecule has 0 saturated heterocycles. The van der Waals surface area contributed by atoms with Crippen LogP contribution in [-0.4, -0.2) is 30.1 Å². The first-order valence-electron chi connectivity index (χ1n) is 7.09. The Hall–Kier alpha value is -2.06. The fraction of sp³-hybridized carbons (Fsp3) is 0.267. The lowest BCUT2D eigenvalue weighted by Crippen LogP contribution is -2.10. The fourth-order valence-electron chi connectivity index (χ4n) is 1.80. The number of H-pyrrole nitrogens is 1. The van der Waals surface area contributed by atoms with Crippen LogP contribution in [0.15, 0.2) is 32.7 Å². The molecule has 0 saturated carbocycles. The van der Waals surface area contributed by atoms with E-state index in [1.807, 2.05) is 13.0 Å². The molecule has 7 nitrogen and oxygen atoms in total. The number of aromatic nitrogens is 2. The average Bonchev–Trinajstić information content (AvgIpc) is 2.57. The van der Waals surface area contributed by atoms with Crippen LogP contribution < -0.4 is 20.5 Å². The summed E-state index contributed by atoms with van der Waals surface area (Å²) >= 11 is 9.32. The summed E-state index contributed by atoms with van der Waals surface area (Å²) in [6.45, 7) is 2.62. The Morgan fingerprint density at radius 3 is 3.00 bits per heavy atom. The number of methoxy groups -OCH3 is 1. The van der Waals surface area contributed by atoms with E-state index in [1.165, 1.54) is 6.20 Å². The van der Waals surface area contributed by atoms with Crippen molar-refractivity contribution >= 4 is 39.4 Å². The van der Waals surface area contributed by atoms with Crippen LogP contribution in [0, 0.1) is 0 Å². The number of halogens is 2. The Morgan fingerprint density at radius 1 is 1.50 bits per heavy atom. The molecule has 0 aliphatic rings. The van der Waals surface area contributed by atoms with Crippen molar-refractivity contribution in [3.63, 3.8) is 0 Å². The highest BCUT2D eigenvalue weighted by Crippen LogP contribution is 2.36. The van der Waals surface area contributed by atoms with E-state index >= 15 is 0 Å². The van der Waals surface area contributed by atoms with Gasteiger partial charge in [-0.05, 0) is 40.0 Å². The maximum atomic E-state index is 11.3. The van der Waals surface area contributed by atoms with E-state index in [-0.39, 0.29) is 5.02 Å². The zero-order valence-electron chi connectivity index (χ0n) is 13.1. The van der Waals surface area contributed by atoms with Gasteiger partial charge in [0.1, 0.15) is 10.7 Å². The average molecular weight is 416 g/mol. The lowest BCUT2D eigenvalue weighted by Gasteiger charge is -2.12. The molecule has 1 aromatic carbocycles. The third-order valence-corrected chi connectivity index (χ3v) is 3.86. The van der Waals surface area contributed by atoms with Crippen molar-refractivity contribution < 1.29 is 9.47 Å². The lowest BCUT2D eigenvalue weighted by atomic mass is 10.2. The van der Waals surface area contributed by atoms with Gasteiger partial charge in [-0.2, -0.15) is 10.2 Å². The van der Waals surface area contributed by atoms with Crippen LogP contribution in [-0.2, 0) is 0 Å². The highest BCUT2D eigenvalue weighted by Gasteiger charge is 2.11. The number of hydrazone groups is 1. The molecule has 0 aliphatic carbocycles. The monoisotopic (exact) mass is 414 g/mol. The van der Waals surface area contributed by atoms with Crippen LogP contribution in [0.2, 0.25) is 5.02 Å². The van der Waals surface area contributed by atoms with E-state index in [1.54, 1.807) is 19.4 Å². The third-order valence-electron chi connectivity index (χ3n) is 2.90. The zero-order valence-corrected chi connectivity index (χ0v) is 15.4. The molecule has 0 fully saturated rings. The molecule has 0 amide bonds. The largest absolute Gasteiger partial charge is 0.493 e. The second kappa shape index (κ2) is 8.70. The molecule has 0 spiro atoms. The second-order valence-electron chi connectivity index (χ2n) is 4.68. The highest BCUT2D eigenvalue weighted by atomic mass is 79.9. The van der Waals surface area contributed by atoms with Crippen molar-refractivity contribution in [3.8, 4) is 11.5 Å². The smallest absolute Gasteiger partial charge is 0.285 e. The molecule has 2 rings (SSSR count). The Labute approximate surface area is 152 Å². The number of hydrogen-bond donors (Lipinski definition) is 2. The van der Waals surface area contributed by atoms with E-state index in [9.17, 15) is 4.79 Å². The molecule has 9 heteroatoms. The Kier molecular flexibility index (Phi) is 6.62. The number of anilines is 1. The normalized spacial score (nSPS) is 10.8. The highest BCUT2D eigenvalue weighted by molar-refractivity contribution is 9.10. The van der Waals surface area contributed by atoms with Crippen LogP contribution in [0.3, 0.4) is 0 Å². The number of ether oxygens (including phenoxy) is 2. The second-order valence-corrected chi connectivity index (χ2v) is 5.91. The molecule has 0 radical (unpaired) electrons. The standard InChI is InChI=1S/C15H16BrClN4O3/c1-3-4-24-14-10(16)5-9(6-12(14)23-2)7-18-20-11-8-19-21-15(22)13(11)17/h5-8H,3-4H2,1-2H3,(H2,20,21,22)/b18-7-. The third kappa shape index (κ3) is 4.48. The SMILES string of the molecule is CCCOc1c(Br)cc(/C=N\Nc2cn[nH]c(=O)c2Cl)cc1OC. The first-order chi connectivity index (χ1) is 11.6. The van der Waals surface area contributed by atoms with Crippen molar-refractivity contribution in [1.29, 1.82) is 0 Å². The minimum Gasteiger partial charge on any atom is -0.493 e. The maximum absolute atomic E-state index is 11.3. The zero-order chi connectivity index (χ0) is 17.5. The van der Waals surface area contributed by atoms with Crippen molar-refractivity contribution in [3.05, 3.63) is 43.7 Å². The van der Waals surface area contributed by atoms with Crippen LogP contribution in [0.5, 0.6) is 11.5 Å². The maximum Gasteiger partial charge on any atom is 0.285 e. The topological polar surface area (TPSA) is 88.6 Å². The molecular formula is C15H16BrClN4O3. The minimum atomic E-state index is -0.487. The van der Waals surface area contributed by atoms with Gasteiger partial charge in [0.25, 0.3) is 5.56 Å². The summed E-state index contributed by atoms with van der Waals surface area (Å²) in [4.78, 5) is 11.3. The molecule has 1 aromatic heterocycles. The van der Waals surface area contributed by atoms with E-state index in [4.69, 9.17) is 21.1 Å². The number of rotatable bonds is 7. The van der Waals surface area contributed by atoms with Gasteiger partial charge in [-0.25, -0.2) is 5.10 Å². The summed E-state index contributed by atoms with van der Waals surface area (Å²) in [5, 5.41) is 9.92. The van der Waals surface area contributed by atoms with Gasteiger partial charge in [0.05, 0.1) is 30.6 Å². The number of aromatic amines is 1. The molecule has 24 heavy (non-hydrogen) atoms. The van der Waals surface area contributed by atoms with Gasteiger partial charge in [-0.15, -0.1) is 0 Å². The quantitative estimate of drug-likeness (QED) is 0.534. The molecule has 0 unspecified atom stereocenters. The fourth-order valence-corrected chi connectivity index (χ4v) is 2.50. The van der Waals surface area contributed by atoms with Gasteiger partial charge in [-0.1, -0.05) is 18.5 Å². The van der Waals surface area contributed by atoms with Crippen molar-refractivity contribution in [2.45, 2.75) is 13.3 Å². The molecule has 0 atom stereocenters. The molecule has 1 heterocycles. The van der Waals surface area contributed by atoms with Gasteiger partial charge in [0, 0.05) is 0 Å². The van der Waals surface area contributed by atoms with Crippen LogP contribution in [0.4, 0.5) is 5.69 Å². The number of nitrogens with one attached hydrogen (secondary N) is 2. The van der Waals surface area contributed by atoms with Crippen LogP contribution in [0.1, 0.15) is 18.9 Å². The number of hydrogen-bond acceptors (Lipinski definition) is 6. The first-order valence-corrected chi connectivity index (χ1v) is 8.26. The van der Waals surface area contributed by atoms with Crippen LogP contribution in [0.25, 0.3) is 0 Å². The molecule has 2 N–H and O–H groups in total. The predicted octanol–water partition coefficient (Wildman–Crippen LogP) is 3.43. The Balaban J connectivity index is 2.19. The van der Waals surface area contributed by atoms with Crippen molar-refractivity contribution in [1.82, 2.24) is 10.2 Å². The summed E-state index contributed by atoms with van der Waals surface area (Å²) in [7, 11) is 1.57. The Morgan fingerprint density at radius 2 is 2.29 bits per heavy atom. The predicted molar refractivity (Wildman–Crippen MR) is 97.6 cm³/mol. The van der Waals surface area contributed by atoms with E-state index in [0.29, 0.717) is 23.8 Å². The molecule has 2 aromatic rings. The molecular weight excluding hydrogens is 400 g/mol. The molecule has 0 aliphatic heterocycles. The van der Waals surface area contributed by atoms with Crippen molar-refractivity contribution in [2.24, 2.45) is 5.10 Å². The minimum absolute atomic E-state index is 0.00998. The summed E-state index contributed by atoms with van der Waals surface area (Å²) in [5.74, 6) is 1.24. The Bertz CT molecular complexity index is 795. The number of benzene rings is 1.